The molecular weight excluding hydrogens is 170 g/mol. The van der Waals surface area contributed by atoms with Crippen LogP contribution in [0, 0.1) is 0 Å². The molecule has 1 unspecified atom stereocenters. The van der Waals surface area contributed by atoms with Crippen LogP contribution in [0.25, 0.3) is 0 Å². The molecule has 0 amide bonds. The fourth-order valence-electron chi connectivity index (χ4n) is 1.15. The molecule has 0 aliphatic carbocycles. The molecule has 5 heteroatoms. The zero-order valence-electron chi connectivity index (χ0n) is 7.66. The highest BCUT2D eigenvalue weighted by atomic mass is 16.5. The van der Waals surface area contributed by atoms with E-state index < -0.39 is 6.10 Å². The van der Waals surface area contributed by atoms with E-state index in [0.29, 0.717) is 24.4 Å². The van der Waals surface area contributed by atoms with Gasteiger partial charge in [0.25, 0.3) is 0 Å². The summed E-state index contributed by atoms with van der Waals surface area (Å²) in [5, 5.41) is 15.9. The van der Waals surface area contributed by atoms with Crippen molar-refractivity contribution in [3.8, 4) is 0 Å². The molecule has 1 aromatic heterocycles. The predicted octanol–water partition coefficient (Wildman–Crippen LogP) is 0.452. The Morgan fingerprint density at radius 3 is 3.08 bits per heavy atom. The quantitative estimate of drug-likeness (QED) is 0.581. The van der Waals surface area contributed by atoms with Gasteiger partial charge in [-0.05, 0) is 12.8 Å². The number of aliphatic hydroxyl groups excluding tert-OH is 1. The van der Waals surface area contributed by atoms with E-state index in [-0.39, 0.29) is 0 Å². The van der Waals surface area contributed by atoms with Gasteiger partial charge >= 0.3 is 0 Å². The number of aliphatic hydroxyl groups is 1. The summed E-state index contributed by atoms with van der Waals surface area (Å²) in [7, 11) is 1.64. The van der Waals surface area contributed by atoms with Crippen LogP contribution in [-0.2, 0) is 4.74 Å². The van der Waals surface area contributed by atoms with Crippen molar-refractivity contribution in [3.63, 3.8) is 0 Å². The Kier molecular flexibility index (Phi) is 3.72. The maximum atomic E-state index is 9.62. The molecule has 74 valence electrons. The SMILES string of the molecule is COCCCC(O)c1cn[nH]c1N. The van der Waals surface area contributed by atoms with Gasteiger partial charge in [0.05, 0.1) is 12.3 Å². The fraction of sp³-hybridized carbons (Fsp3) is 0.625. The minimum absolute atomic E-state index is 0.435. The normalized spacial score (nSPS) is 13.1. The molecule has 13 heavy (non-hydrogen) atoms. The molecule has 0 aliphatic heterocycles. The number of aromatic amines is 1. The lowest BCUT2D eigenvalue weighted by atomic mass is 10.1. The summed E-state index contributed by atoms with van der Waals surface area (Å²) in [5.41, 5.74) is 6.20. The molecular formula is C8H15N3O2. The number of hydrogen-bond donors (Lipinski definition) is 3. The molecule has 0 aliphatic rings. The Bertz CT molecular complexity index is 249. The lowest BCUT2D eigenvalue weighted by Crippen LogP contribution is -2.01. The second-order valence-corrected chi connectivity index (χ2v) is 2.89. The Hall–Kier alpha value is -1.07. The van der Waals surface area contributed by atoms with E-state index in [9.17, 15) is 5.11 Å². The molecule has 0 saturated heterocycles. The molecule has 1 rings (SSSR count). The van der Waals surface area contributed by atoms with Crippen LogP contribution in [0.3, 0.4) is 0 Å². The lowest BCUT2D eigenvalue weighted by Gasteiger charge is -2.08. The van der Waals surface area contributed by atoms with Crippen molar-refractivity contribution in [2.45, 2.75) is 18.9 Å². The number of nitrogens with zero attached hydrogens (tertiary/aromatic N) is 1. The van der Waals surface area contributed by atoms with E-state index in [4.69, 9.17) is 10.5 Å². The summed E-state index contributed by atoms with van der Waals surface area (Å²) in [6.45, 7) is 0.648. The second kappa shape index (κ2) is 4.84. The average molecular weight is 185 g/mol. The number of methoxy groups -OCH3 is 1. The highest BCUT2D eigenvalue weighted by Gasteiger charge is 2.11. The molecule has 0 aromatic carbocycles. The maximum Gasteiger partial charge on any atom is 0.124 e. The van der Waals surface area contributed by atoms with Gasteiger partial charge in [-0.15, -0.1) is 0 Å². The van der Waals surface area contributed by atoms with Crippen LogP contribution in [0.2, 0.25) is 0 Å². The molecule has 5 nitrogen and oxygen atoms in total. The zero-order chi connectivity index (χ0) is 9.68. The number of hydrogen-bond acceptors (Lipinski definition) is 4. The summed E-state index contributed by atoms with van der Waals surface area (Å²) in [5.74, 6) is 0.435. The van der Waals surface area contributed by atoms with Gasteiger partial charge in [0.15, 0.2) is 0 Å². The van der Waals surface area contributed by atoms with Gasteiger partial charge in [-0.1, -0.05) is 0 Å². The first-order valence-electron chi connectivity index (χ1n) is 4.21. The number of nitrogens with one attached hydrogen (secondary N) is 1. The molecule has 0 bridgehead atoms. The van der Waals surface area contributed by atoms with Gasteiger partial charge in [0.1, 0.15) is 5.82 Å². The van der Waals surface area contributed by atoms with Crippen molar-refractivity contribution in [1.29, 1.82) is 0 Å². The van der Waals surface area contributed by atoms with Crippen LogP contribution in [0.4, 0.5) is 5.82 Å². The van der Waals surface area contributed by atoms with Crippen LogP contribution < -0.4 is 5.73 Å². The highest BCUT2D eigenvalue weighted by molar-refractivity contribution is 5.38. The van der Waals surface area contributed by atoms with E-state index in [1.165, 1.54) is 0 Å². The average Bonchev–Trinajstić information content (AvgIpc) is 2.52. The van der Waals surface area contributed by atoms with Gasteiger partial charge in [-0.3, -0.25) is 5.10 Å². The van der Waals surface area contributed by atoms with Crippen LogP contribution in [-0.4, -0.2) is 29.0 Å². The summed E-state index contributed by atoms with van der Waals surface area (Å²) >= 11 is 0. The number of nitrogens with two attached hydrogens (primary N) is 1. The molecule has 0 radical (unpaired) electrons. The summed E-state index contributed by atoms with van der Waals surface area (Å²) in [6.07, 6.45) is 2.45. The summed E-state index contributed by atoms with van der Waals surface area (Å²) in [4.78, 5) is 0. The molecule has 0 spiro atoms. The van der Waals surface area contributed by atoms with E-state index >= 15 is 0 Å². The minimum Gasteiger partial charge on any atom is -0.388 e. The van der Waals surface area contributed by atoms with Crippen LogP contribution >= 0.6 is 0 Å². The first-order valence-corrected chi connectivity index (χ1v) is 4.21. The smallest absolute Gasteiger partial charge is 0.124 e. The van der Waals surface area contributed by atoms with Gasteiger partial charge < -0.3 is 15.6 Å². The van der Waals surface area contributed by atoms with E-state index in [1.807, 2.05) is 0 Å². The molecule has 1 aromatic rings. The molecule has 1 atom stereocenters. The lowest BCUT2D eigenvalue weighted by molar-refractivity contribution is 0.137. The van der Waals surface area contributed by atoms with Crippen molar-refractivity contribution in [2.24, 2.45) is 0 Å². The Morgan fingerprint density at radius 1 is 1.77 bits per heavy atom. The van der Waals surface area contributed by atoms with Crippen LogP contribution in [0.5, 0.6) is 0 Å². The van der Waals surface area contributed by atoms with Crippen molar-refractivity contribution in [3.05, 3.63) is 11.8 Å². The van der Waals surface area contributed by atoms with E-state index in [2.05, 4.69) is 10.2 Å². The van der Waals surface area contributed by atoms with Gasteiger partial charge in [0, 0.05) is 19.3 Å². The topological polar surface area (TPSA) is 84.2 Å². The monoisotopic (exact) mass is 185 g/mol. The first-order chi connectivity index (χ1) is 6.25. The first kappa shape index (κ1) is 10.0. The number of ether oxygens (including phenoxy) is 1. The number of H-pyrrole nitrogens is 1. The third kappa shape index (κ3) is 2.71. The molecule has 1 heterocycles. The number of aromatic nitrogens is 2. The van der Waals surface area contributed by atoms with Crippen molar-refractivity contribution in [2.75, 3.05) is 19.5 Å². The third-order valence-electron chi connectivity index (χ3n) is 1.88. The fourth-order valence-corrected chi connectivity index (χ4v) is 1.15. The Balaban J connectivity index is 2.39. The number of anilines is 1. The van der Waals surface area contributed by atoms with Crippen LogP contribution in [0.15, 0.2) is 6.20 Å². The molecule has 4 N–H and O–H groups in total. The largest absolute Gasteiger partial charge is 0.388 e. The van der Waals surface area contributed by atoms with Gasteiger partial charge in [-0.2, -0.15) is 5.10 Å². The maximum absolute atomic E-state index is 9.62. The second-order valence-electron chi connectivity index (χ2n) is 2.89. The van der Waals surface area contributed by atoms with E-state index in [0.717, 1.165) is 6.42 Å². The highest BCUT2D eigenvalue weighted by Crippen LogP contribution is 2.21. The summed E-state index contributed by atoms with van der Waals surface area (Å²) in [6, 6.07) is 0. The van der Waals surface area contributed by atoms with E-state index in [1.54, 1.807) is 13.3 Å². The molecule has 0 fully saturated rings. The zero-order valence-corrected chi connectivity index (χ0v) is 7.66. The Labute approximate surface area is 76.9 Å². The number of nitrogen functional groups attached to an aromatic ring is 1. The predicted molar refractivity (Wildman–Crippen MR) is 49.1 cm³/mol. The van der Waals surface area contributed by atoms with Crippen molar-refractivity contribution >= 4 is 5.82 Å². The van der Waals surface area contributed by atoms with Crippen molar-refractivity contribution < 1.29 is 9.84 Å². The standard InChI is InChI=1S/C8H15N3O2/c1-13-4-2-3-7(12)6-5-10-11-8(6)9/h5,7,12H,2-4H2,1H3,(H3,9,10,11). The minimum atomic E-state index is -0.547. The van der Waals surface area contributed by atoms with Gasteiger partial charge in [-0.25, -0.2) is 0 Å². The van der Waals surface area contributed by atoms with Gasteiger partial charge in [0.2, 0.25) is 0 Å². The van der Waals surface area contributed by atoms with Crippen molar-refractivity contribution in [1.82, 2.24) is 10.2 Å². The summed E-state index contributed by atoms with van der Waals surface area (Å²) < 4.78 is 4.87. The number of rotatable bonds is 5. The third-order valence-corrected chi connectivity index (χ3v) is 1.88. The van der Waals surface area contributed by atoms with Crippen LogP contribution in [0.1, 0.15) is 24.5 Å². The molecule has 0 saturated carbocycles. The Morgan fingerprint density at radius 2 is 2.54 bits per heavy atom.